The van der Waals surface area contributed by atoms with Gasteiger partial charge in [-0.15, -0.1) is 0 Å². The van der Waals surface area contributed by atoms with Crippen molar-refractivity contribution in [1.29, 1.82) is 0 Å². The molecule has 1 saturated heterocycles. The lowest BCUT2D eigenvalue weighted by Gasteiger charge is -2.38. The van der Waals surface area contributed by atoms with Gasteiger partial charge in [-0.3, -0.25) is 4.79 Å². The molecule has 7 rings (SSSR count). The van der Waals surface area contributed by atoms with Crippen molar-refractivity contribution in [2.75, 3.05) is 19.8 Å². The number of pyridine rings is 2. The molecule has 198 valence electrons. The molecule has 1 aliphatic carbocycles. The lowest BCUT2D eigenvalue weighted by Crippen LogP contribution is -2.56. The molecule has 9 nitrogen and oxygen atoms in total. The Labute approximate surface area is 217 Å². The number of nitrogens with one attached hydrogen (secondary N) is 1. The maximum Gasteiger partial charge on any atom is 0.343 e. The highest BCUT2D eigenvalue weighted by molar-refractivity contribution is 5.93. The number of benzene rings is 1. The van der Waals surface area contributed by atoms with Crippen molar-refractivity contribution < 1.29 is 28.9 Å². The fraction of sp³-hybridized carbons (Fsp3) is 0.464. The zero-order valence-corrected chi connectivity index (χ0v) is 21.2. The van der Waals surface area contributed by atoms with Gasteiger partial charge < -0.3 is 29.6 Å². The molecule has 3 N–H and O–H groups in total. The number of aliphatic hydroxyl groups is 2. The topological polar surface area (TPSA) is 123 Å². The minimum Gasteiger partial charge on any atom is -0.458 e. The second-order valence-electron chi connectivity index (χ2n) is 11.0. The predicted molar refractivity (Wildman–Crippen MR) is 134 cm³/mol. The molecular formula is C28H28FN3O6. The molecule has 3 aromatic rings. The van der Waals surface area contributed by atoms with E-state index in [1.165, 1.54) is 6.07 Å². The molecule has 0 unspecified atom stereocenters. The van der Waals surface area contributed by atoms with Crippen LogP contribution in [0.25, 0.3) is 22.3 Å². The molecule has 2 aromatic heterocycles. The van der Waals surface area contributed by atoms with Crippen molar-refractivity contribution in [1.82, 2.24) is 14.9 Å². The highest BCUT2D eigenvalue weighted by Gasteiger charge is 2.46. The first-order chi connectivity index (χ1) is 18.1. The number of carbonyl (C=O) groups is 1. The van der Waals surface area contributed by atoms with Gasteiger partial charge in [0.05, 0.1) is 42.2 Å². The average molecular weight is 522 g/mol. The Morgan fingerprint density at radius 1 is 1.21 bits per heavy atom. The quantitative estimate of drug-likeness (QED) is 0.348. The average Bonchev–Trinajstić information content (AvgIpc) is 3.26. The van der Waals surface area contributed by atoms with E-state index < -0.39 is 17.2 Å². The molecule has 5 heterocycles. The molecule has 2 atom stereocenters. The van der Waals surface area contributed by atoms with E-state index in [-0.39, 0.29) is 61.3 Å². The lowest BCUT2D eigenvalue weighted by molar-refractivity contribution is -0.175. The standard InChI is InChI=1S/C28H28FN3O6/c1-3-28(36)17-6-21-24-15(8-32(21)25(33)16(17)9-38-26(28)34)23-19(30-10-27(35)11-37-12-27)5-4-14-13(2)18(29)7-20(31-24)22(14)23/h6-7,19,30,35-36H,3-5,8-12H2,1-2H3/t19-,28-/m0/s1. The molecule has 38 heavy (non-hydrogen) atoms. The molecule has 3 aliphatic heterocycles. The summed E-state index contributed by atoms with van der Waals surface area (Å²) in [6.45, 7) is 4.38. The molecular weight excluding hydrogens is 493 g/mol. The van der Waals surface area contributed by atoms with E-state index in [0.29, 0.717) is 41.9 Å². The first-order valence-electron chi connectivity index (χ1n) is 13.0. The first-order valence-corrected chi connectivity index (χ1v) is 13.0. The molecule has 1 fully saturated rings. The van der Waals surface area contributed by atoms with Crippen LogP contribution in [0.1, 0.15) is 59.2 Å². The SMILES string of the molecule is CC[C@@]1(O)C(=O)OCc2c1cc1n(c2=O)Cc2c-1nc1cc(F)c(C)c3c1c2[C@@H](NCC1(O)COC1)CC3. The summed E-state index contributed by atoms with van der Waals surface area (Å²) in [6, 6.07) is 2.96. The number of ether oxygens (including phenoxy) is 2. The summed E-state index contributed by atoms with van der Waals surface area (Å²) in [4.78, 5) is 31.0. The number of hydrogen-bond donors (Lipinski definition) is 3. The smallest absolute Gasteiger partial charge is 0.343 e. The highest BCUT2D eigenvalue weighted by Crippen LogP contribution is 2.46. The van der Waals surface area contributed by atoms with Crippen LogP contribution >= 0.6 is 0 Å². The van der Waals surface area contributed by atoms with Gasteiger partial charge in [0, 0.05) is 35.2 Å². The number of carbonyl (C=O) groups excluding carboxylic acids is 1. The number of halogens is 1. The van der Waals surface area contributed by atoms with E-state index in [4.69, 9.17) is 14.5 Å². The summed E-state index contributed by atoms with van der Waals surface area (Å²) in [5.74, 6) is -1.11. The van der Waals surface area contributed by atoms with Crippen molar-refractivity contribution in [3.8, 4) is 11.4 Å². The zero-order valence-electron chi connectivity index (χ0n) is 21.2. The number of hydrogen-bond acceptors (Lipinski definition) is 8. The molecule has 1 aromatic carbocycles. The molecule has 0 saturated carbocycles. The van der Waals surface area contributed by atoms with E-state index in [1.807, 2.05) is 0 Å². The third-order valence-electron chi connectivity index (χ3n) is 8.80. The second kappa shape index (κ2) is 7.92. The van der Waals surface area contributed by atoms with Crippen LogP contribution in [0.15, 0.2) is 16.9 Å². The Balaban J connectivity index is 1.46. The number of aryl methyl sites for hydroxylation is 1. The van der Waals surface area contributed by atoms with Gasteiger partial charge in [-0.25, -0.2) is 14.2 Å². The van der Waals surface area contributed by atoms with Crippen molar-refractivity contribution in [3.05, 3.63) is 61.7 Å². The molecule has 0 bridgehead atoms. The van der Waals surface area contributed by atoms with E-state index in [2.05, 4.69) is 5.32 Å². The molecule has 0 radical (unpaired) electrons. The Morgan fingerprint density at radius 2 is 2.00 bits per heavy atom. The number of rotatable bonds is 4. The number of esters is 1. The van der Waals surface area contributed by atoms with Gasteiger partial charge in [-0.1, -0.05) is 6.92 Å². The molecule has 0 spiro atoms. The normalized spacial score (nSPS) is 24.4. The maximum absolute atomic E-state index is 15.0. The van der Waals surface area contributed by atoms with E-state index in [9.17, 15) is 24.2 Å². The molecule has 10 heteroatoms. The lowest BCUT2D eigenvalue weighted by atomic mass is 9.81. The summed E-state index contributed by atoms with van der Waals surface area (Å²) in [5.41, 5.74) is 2.16. The van der Waals surface area contributed by atoms with E-state index >= 15 is 0 Å². The number of fused-ring (bicyclic) bond motifs is 5. The fourth-order valence-electron chi connectivity index (χ4n) is 6.51. The van der Waals surface area contributed by atoms with Gasteiger partial charge in [0.1, 0.15) is 18.0 Å². The third-order valence-corrected chi connectivity index (χ3v) is 8.80. The van der Waals surface area contributed by atoms with Crippen molar-refractivity contribution >= 4 is 16.9 Å². The summed E-state index contributed by atoms with van der Waals surface area (Å²) >= 11 is 0. The van der Waals surface area contributed by atoms with Gasteiger partial charge in [0.25, 0.3) is 5.56 Å². The van der Waals surface area contributed by atoms with Gasteiger partial charge in [-0.05, 0) is 48.9 Å². The summed E-state index contributed by atoms with van der Waals surface area (Å²) in [6.07, 6.45) is 1.40. The van der Waals surface area contributed by atoms with Gasteiger partial charge in [0.2, 0.25) is 0 Å². The van der Waals surface area contributed by atoms with Crippen LogP contribution in [0, 0.1) is 12.7 Å². The zero-order chi connectivity index (χ0) is 26.6. The maximum atomic E-state index is 15.0. The largest absolute Gasteiger partial charge is 0.458 e. The van der Waals surface area contributed by atoms with Crippen LogP contribution in [0.2, 0.25) is 0 Å². The van der Waals surface area contributed by atoms with E-state index in [0.717, 1.165) is 22.1 Å². The summed E-state index contributed by atoms with van der Waals surface area (Å²) in [5, 5.41) is 26.2. The number of aromatic nitrogens is 2. The molecule has 0 amide bonds. The van der Waals surface area contributed by atoms with Crippen molar-refractivity contribution in [2.24, 2.45) is 0 Å². The van der Waals surface area contributed by atoms with Gasteiger partial charge >= 0.3 is 5.97 Å². The Bertz CT molecular complexity index is 1630. The number of nitrogens with zero attached hydrogens (tertiary/aromatic N) is 2. The van der Waals surface area contributed by atoms with Crippen molar-refractivity contribution in [3.63, 3.8) is 0 Å². The third kappa shape index (κ3) is 3.08. The van der Waals surface area contributed by atoms with Crippen LogP contribution in [0.4, 0.5) is 4.39 Å². The Kier molecular flexibility index (Phi) is 4.98. The summed E-state index contributed by atoms with van der Waals surface area (Å²) < 4.78 is 27.0. The minimum absolute atomic E-state index is 0.0530. The fourth-order valence-corrected chi connectivity index (χ4v) is 6.51. The summed E-state index contributed by atoms with van der Waals surface area (Å²) in [7, 11) is 0. The molecule has 4 aliphatic rings. The van der Waals surface area contributed by atoms with Crippen molar-refractivity contribution in [2.45, 2.75) is 63.5 Å². The van der Waals surface area contributed by atoms with Crippen LogP contribution in [0.3, 0.4) is 0 Å². The van der Waals surface area contributed by atoms with Gasteiger partial charge in [-0.2, -0.15) is 0 Å². The number of cyclic esters (lactones) is 1. The first kappa shape index (κ1) is 23.9. The van der Waals surface area contributed by atoms with Crippen LogP contribution < -0.4 is 10.9 Å². The Morgan fingerprint density at radius 3 is 2.71 bits per heavy atom. The van der Waals surface area contributed by atoms with Gasteiger partial charge in [0.15, 0.2) is 5.60 Å². The van der Waals surface area contributed by atoms with E-state index in [1.54, 1.807) is 24.5 Å². The Hall–Kier alpha value is -3.18. The second-order valence-corrected chi connectivity index (χ2v) is 11.0. The van der Waals surface area contributed by atoms with Crippen LogP contribution in [-0.2, 0) is 39.4 Å². The van der Waals surface area contributed by atoms with Crippen LogP contribution in [0.5, 0.6) is 0 Å². The predicted octanol–water partition coefficient (Wildman–Crippen LogP) is 1.87. The minimum atomic E-state index is -1.92. The monoisotopic (exact) mass is 521 g/mol. The van der Waals surface area contributed by atoms with Crippen LogP contribution in [-0.4, -0.2) is 51.1 Å². The highest BCUT2D eigenvalue weighted by atomic mass is 19.1.